The van der Waals surface area contributed by atoms with Crippen LogP contribution in [0.25, 0.3) is 0 Å². The van der Waals surface area contributed by atoms with Gasteiger partial charge in [-0.25, -0.2) is 0 Å². The molecule has 0 atom stereocenters. The van der Waals surface area contributed by atoms with Crippen LogP contribution in [0.3, 0.4) is 0 Å². The van der Waals surface area contributed by atoms with Crippen LogP contribution in [0, 0.1) is 0 Å². The molecule has 1 rings (SSSR count). The number of nitrogens with one attached hydrogen (secondary N) is 1. The quantitative estimate of drug-likeness (QED) is 0.682. The SMILES string of the molecule is CCCN(CCC)C(=O)c1cccc(C(=O)NC(CC)(CC)CN)c1. The summed E-state index contributed by atoms with van der Waals surface area (Å²) in [5.41, 5.74) is 6.52. The van der Waals surface area contributed by atoms with E-state index in [0.29, 0.717) is 17.7 Å². The Labute approximate surface area is 152 Å². The molecule has 0 unspecified atom stereocenters. The lowest BCUT2D eigenvalue weighted by Crippen LogP contribution is -2.52. The van der Waals surface area contributed by atoms with Crippen LogP contribution < -0.4 is 11.1 Å². The highest BCUT2D eigenvalue weighted by Crippen LogP contribution is 2.16. The number of nitrogens with two attached hydrogens (primary N) is 1. The standard InChI is InChI=1S/C20H33N3O2/c1-5-12-23(13-6-2)19(25)17-11-9-10-16(14-17)18(24)22-20(7-3,8-4)15-21/h9-11,14H,5-8,12-13,15,21H2,1-4H3,(H,22,24). The van der Waals surface area contributed by atoms with E-state index in [-0.39, 0.29) is 11.8 Å². The Bertz CT molecular complexity index is 554. The van der Waals surface area contributed by atoms with E-state index >= 15 is 0 Å². The third-order valence-electron chi connectivity index (χ3n) is 4.77. The van der Waals surface area contributed by atoms with Crippen molar-refractivity contribution in [2.75, 3.05) is 19.6 Å². The third kappa shape index (κ3) is 5.56. The molecule has 1 aromatic rings. The van der Waals surface area contributed by atoms with Crippen molar-refractivity contribution in [1.82, 2.24) is 10.2 Å². The van der Waals surface area contributed by atoms with Gasteiger partial charge in [-0.2, -0.15) is 0 Å². The minimum absolute atomic E-state index is 0.0191. The molecule has 0 aliphatic carbocycles. The number of carbonyl (C=O) groups excluding carboxylic acids is 2. The van der Waals surface area contributed by atoms with Gasteiger partial charge in [0.25, 0.3) is 11.8 Å². The van der Waals surface area contributed by atoms with E-state index in [1.807, 2.05) is 18.7 Å². The van der Waals surface area contributed by atoms with Crippen LogP contribution in [0.5, 0.6) is 0 Å². The smallest absolute Gasteiger partial charge is 0.253 e. The minimum atomic E-state index is -0.395. The number of rotatable bonds is 10. The molecule has 0 spiro atoms. The summed E-state index contributed by atoms with van der Waals surface area (Å²) in [7, 11) is 0. The van der Waals surface area contributed by atoms with Crippen LogP contribution in [0.4, 0.5) is 0 Å². The molecule has 0 fully saturated rings. The zero-order valence-corrected chi connectivity index (χ0v) is 16.1. The molecule has 0 bridgehead atoms. The number of amides is 2. The highest BCUT2D eigenvalue weighted by Gasteiger charge is 2.27. The molecule has 0 aliphatic rings. The maximum absolute atomic E-state index is 12.7. The molecule has 2 amide bonds. The van der Waals surface area contributed by atoms with Crippen LogP contribution in [0.2, 0.25) is 0 Å². The van der Waals surface area contributed by atoms with Crippen molar-refractivity contribution in [3.63, 3.8) is 0 Å². The lowest BCUT2D eigenvalue weighted by molar-refractivity contribution is 0.0755. The molecule has 0 aromatic heterocycles. The van der Waals surface area contributed by atoms with Crippen molar-refractivity contribution in [2.24, 2.45) is 5.73 Å². The number of carbonyl (C=O) groups is 2. The highest BCUT2D eigenvalue weighted by molar-refractivity contribution is 5.99. The van der Waals surface area contributed by atoms with Gasteiger partial charge in [0.1, 0.15) is 0 Å². The van der Waals surface area contributed by atoms with Crippen LogP contribution in [-0.4, -0.2) is 41.9 Å². The zero-order chi connectivity index (χ0) is 18.9. The molecule has 5 heteroatoms. The summed E-state index contributed by atoms with van der Waals surface area (Å²) in [4.78, 5) is 27.2. The van der Waals surface area contributed by atoms with Crippen LogP contribution in [0.1, 0.15) is 74.1 Å². The maximum atomic E-state index is 12.7. The molecule has 25 heavy (non-hydrogen) atoms. The van der Waals surface area contributed by atoms with Crippen molar-refractivity contribution in [2.45, 2.75) is 58.9 Å². The topological polar surface area (TPSA) is 75.4 Å². The van der Waals surface area contributed by atoms with Crippen molar-refractivity contribution < 1.29 is 9.59 Å². The fourth-order valence-electron chi connectivity index (χ4n) is 2.91. The third-order valence-corrected chi connectivity index (χ3v) is 4.77. The largest absolute Gasteiger partial charge is 0.345 e. The minimum Gasteiger partial charge on any atom is -0.345 e. The second-order valence-corrected chi connectivity index (χ2v) is 6.52. The molecule has 0 saturated heterocycles. The summed E-state index contributed by atoms with van der Waals surface area (Å²) in [6, 6.07) is 6.96. The van der Waals surface area contributed by atoms with Gasteiger partial charge in [0.2, 0.25) is 0 Å². The number of nitrogens with zero attached hydrogens (tertiary/aromatic N) is 1. The van der Waals surface area contributed by atoms with E-state index < -0.39 is 5.54 Å². The summed E-state index contributed by atoms with van der Waals surface area (Å²) >= 11 is 0. The van der Waals surface area contributed by atoms with Gasteiger partial charge >= 0.3 is 0 Å². The predicted molar refractivity (Wildman–Crippen MR) is 103 cm³/mol. The Balaban J connectivity index is 3.00. The molecule has 140 valence electrons. The second kappa shape index (κ2) is 10.2. The first-order valence-electron chi connectivity index (χ1n) is 9.38. The summed E-state index contributed by atoms with van der Waals surface area (Å²) in [5.74, 6) is -0.198. The van der Waals surface area contributed by atoms with Gasteiger partial charge in [0.15, 0.2) is 0 Å². The predicted octanol–water partition coefficient (Wildman–Crippen LogP) is 3.20. The van der Waals surface area contributed by atoms with Gasteiger partial charge in [0, 0.05) is 30.8 Å². The second-order valence-electron chi connectivity index (χ2n) is 6.52. The lowest BCUT2D eigenvalue weighted by Gasteiger charge is -2.31. The van der Waals surface area contributed by atoms with E-state index in [2.05, 4.69) is 19.2 Å². The maximum Gasteiger partial charge on any atom is 0.253 e. The van der Waals surface area contributed by atoms with Gasteiger partial charge in [-0.3, -0.25) is 9.59 Å². The van der Waals surface area contributed by atoms with E-state index in [0.717, 1.165) is 38.8 Å². The van der Waals surface area contributed by atoms with Crippen molar-refractivity contribution in [1.29, 1.82) is 0 Å². The first-order chi connectivity index (χ1) is 12.0. The Kier molecular flexibility index (Phi) is 8.62. The normalized spacial score (nSPS) is 11.2. The fourth-order valence-corrected chi connectivity index (χ4v) is 2.91. The van der Waals surface area contributed by atoms with E-state index in [9.17, 15) is 9.59 Å². The van der Waals surface area contributed by atoms with Gasteiger partial charge in [-0.15, -0.1) is 0 Å². The molecule has 5 nitrogen and oxygen atoms in total. The van der Waals surface area contributed by atoms with Crippen molar-refractivity contribution >= 4 is 11.8 Å². The summed E-state index contributed by atoms with van der Waals surface area (Å²) in [6.45, 7) is 10.00. The van der Waals surface area contributed by atoms with E-state index in [4.69, 9.17) is 5.73 Å². The average molecular weight is 348 g/mol. The number of hydrogen-bond donors (Lipinski definition) is 2. The first-order valence-corrected chi connectivity index (χ1v) is 9.38. The first kappa shape index (κ1) is 21.2. The monoisotopic (exact) mass is 347 g/mol. The molecule has 3 N–H and O–H groups in total. The number of benzene rings is 1. The zero-order valence-electron chi connectivity index (χ0n) is 16.1. The van der Waals surface area contributed by atoms with Gasteiger partial charge in [0.05, 0.1) is 5.54 Å². The molecule has 0 aliphatic heterocycles. The van der Waals surface area contributed by atoms with Crippen LogP contribution >= 0.6 is 0 Å². The number of hydrogen-bond acceptors (Lipinski definition) is 3. The summed E-state index contributed by atoms with van der Waals surface area (Å²) in [6.07, 6.45) is 3.37. The Morgan fingerprint density at radius 2 is 1.60 bits per heavy atom. The van der Waals surface area contributed by atoms with Gasteiger partial charge < -0.3 is 16.0 Å². The lowest BCUT2D eigenvalue weighted by atomic mass is 9.92. The van der Waals surface area contributed by atoms with Crippen molar-refractivity contribution in [3.05, 3.63) is 35.4 Å². The molecule has 1 aromatic carbocycles. The van der Waals surface area contributed by atoms with Gasteiger partial charge in [-0.1, -0.05) is 33.8 Å². The highest BCUT2D eigenvalue weighted by atomic mass is 16.2. The Morgan fingerprint density at radius 3 is 2.08 bits per heavy atom. The fraction of sp³-hybridized carbons (Fsp3) is 0.600. The van der Waals surface area contributed by atoms with Crippen LogP contribution in [0.15, 0.2) is 24.3 Å². The summed E-state index contributed by atoms with van der Waals surface area (Å²) in [5, 5.41) is 3.05. The van der Waals surface area contributed by atoms with Crippen LogP contribution in [-0.2, 0) is 0 Å². The molecule has 0 saturated carbocycles. The van der Waals surface area contributed by atoms with E-state index in [1.54, 1.807) is 24.3 Å². The molecule has 0 radical (unpaired) electrons. The average Bonchev–Trinajstić information content (AvgIpc) is 2.65. The van der Waals surface area contributed by atoms with Crippen molar-refractivity contribution in [3.8, 4) is 0 Å². The van der Waals surface area contributed by atoms with Gasteiger partial charge in [-0.05, 0) is 43.9 Å². The molecular formula is C20H33N3O2. The molecule has 0 heterocycles. The van der Waals surface area contributed by atoms with E-state index in [1.165, 1.54) is 0 Å². The molecular weight excluding hydrogens is 314 g/mol. The Morgan fingerprint density at radius 1 is 1.04 bits per heavy atom. The Hall–Kier alpha value is -1.88. The summed E-state index contributed by atoms with van der Waals surface area (Å²) < 4.78 is 0.